The van der Waals surface area contributed by atoms with E-state index in [-0.39, 0.29) is 18.4 Å². The minimum Gasteiger partial charge on any atom is -0.497 e. The van der Waals surface area contributed by atoms with Gasteiger partial charge in [-0.2, -0.15) is 0 Å². The van der Waals surface area contributed by atoms with E-state index in [1.165, 1.54) is 32.2 Å². The van der Waals surface area contributed by atoms with Crippen molar-refractivity contribution in [1.82, 2.24) is 10.6 Å². The van der Waals surface area contributed by atoms with E-state index in [0.29, 0.717) is 5.75 Å². The van der Waals surface area contributed by atoms with Crippen molar-refractivity contribution in [3.8, 4) is 5.75 Å². The van der Waals surface area contributed by atoms with E-state index in [1.54, 1.807) is 37.4 Å². The number of carbonyl (C=O) groups is 3. The molecule has 0 saturated carbocycles. The summed E-state index contributed by atoms with van der Waals surface area (Å²) in [5.41, 5.74) is 1.05. The molecule has 2 amide bonds. The van der Waals surface area contributed by atoms with Crippen molar-refractivity contribution in [1.29, 1.82) is 0 Å². The van der Waals surface area contributed by atoms with Crippen LogP contribution in [0.2, 0.25) is 0 Å². The third kappa shape index (κ3) is 6.58. The highest BCUT2D eigenvalue weighted by atomic mass is 19.1. The largest absolute Gasteiger partial charge is 0.497 e. The molecule has 2 rings (SSSR count). The molecule has 2 aromatic rings. The minimum absolute atomic E-state index is 0.0610. The molecule has 0 unspecified atom stereocenters. The van der Waals surface area contributed by atoms with Gasteiger partial charge in [-0.3, -0.25) is 9.59 Å². The lowest BCUT2D eigenvalue weighted by Crippen LogP contribution is -2.53. The van der Waals surface area contributed by atoms with Crippen LogP contribution < -0.4 is 15.4 Å². The zero-order valence-electron chi connectivity index (χ0n) is 17.1. The van der Waals surface area contributed by atoms with Crippen LogP contribution in [0.15, 0.2) is 48.5 Å². The maximum Gasteiger partial charge on any atom is 0.328 e. The zero-order chi connectivity index (χ0) is 22.1. The molecule has 0 aromatic heterocycles. The molecule has 2 aromatic carbocycles. The van der Waals surface area contributed by atoms with Gasteiger partial charge in [-0.15, -0.1) is 0 Å². The number of carbonyl (C=O) groups excluding carboxylic acids is 3. The molecule has 0 heterocycles. The van der Waals surface area contributed by atoms with Crippen LogP contribution in [-0.4, -0.2) is 44.1 Å². The number of halogens is 1. The molecular formula is C22H25FN2O5. The first-order valence-electron chi connectivity index (χ1n) is 9.35. The number of methoxy groups -OCH3 is 2. The summed E-state index contributed by atoms with van der Waals surface area (Å²) in [5, 5.41) is 5.12. The number of hydrogen-bond acceptors (Lipinski definition) is 5. The van der Waals surface area contributed by atoms with Crippen LogP contribution in [0.3, 0.4) is 0 Å². The highest BCUT2D eigenvalue weighted by Gasteiger charge is 2.27. The Hall–Kier alpha value is -3.42. The van der Waals surface area contributed by atoms with E-state index in [1.807, 2.05) is 0 Å². The van der Waals surface area contributed by atoms with Gasteiger partial charge in [0.15, 0.2) is 0 Å². The van der Waals surface area contributed by atoms with Crippen molar-refractivity contribution in [3.63, 3.8) is 0 Å². The predicted octanol–water partition coefficient (Wildman–Crippen LogP) is 1.78. The summed E-state index contributed by atoms with van der Waals surface area (Å²) in [4.78, 5) is 36.6. The quantitative estimate of drug-likeness (QED) is 0.608. The molecule has 0 saturated heterocycles. The molecule has 2 atom stereocenters. The van der Waals surface area contributed by atoms with Gasteiger partial charge in [-0.1, -0.05) is 30.3 Å². The Labute approximate surface area is 174 Å². The van der Waals surface area contributed by atoms with Gasteiger partial charge in [0.2, 0.25) is 11.8 Å². The van der Waals surface area contributed by atoms with Gasteiger partial charge >= 0.3 is 5.97 Å². The Morgan fingerprint density at radius 1 is 0.933 bits per heavy atom. The molecule has 0 spiro atoms. The molecule has 0 radical (unpaired) electrons. The molecule has 0 fully saturated rings. The monoisotopic (exact) mass is 416 g/mol. The summed E-state index contributed by atoms with van der Waals surface area (Å²) < 4.78 is 23.9. The Kier molecular flexibility index (Phi) is 8.34. The number of amides is 2. The number of nitrogens with one attached hydrogen (secondary N) is 2. The van der Waals surface area contributed by atoms with Crippen LogP contribution in [0.5, 0.6) is 5.75 Å². The maximum absolute atomic E-state index is 14.0. The number of hydrogen-bond donors (Lipinski definition) is 2. The fraction of sp³-hybridized carbons (Fsp3) is 0.318. The Balaban J connectivity index is 2.17. The summed E-state index contributed by atoms with van der Waals surface area (Å²) in [5.74, 6) is -1.52. The minimum atomic E-state index is -1.05. The van der Waals surface area contributed by atoms with Gasteiger partial charge in [0.25, 0.3) is 0 Å². The number of benzene rings is 2. The Bertz CT molecular complexity index is 885. The smallest absolute Gasteiger partial charge is 0.328 e. The fourth-order valence-corrected chi connectivity index (χ4v) is 2.94. The molecule has 0 bridgehead atoms. The van der Waals surface area contributed by atoms with Crippen molar-refractivity contribution >= 4 is 17.8 Å². The molecule has 2 N–H and O–H groups in total. The molecule has 0 aliphatic rings. The van der Waals surface area contributed by atoms with Crippen LogP contribution in [0.25, 0.3) is 0 Å². The van der Waals surface area contributed by atoms with Crippen molar-refractivity contribution in [3.05, 3.63) is 65.5 Å². The lowest BCUT2D eigenvalue weighted by atomic mass is 10.0. The van der Waals surface area contributed by atoms with Crippen LogP contribution in [0.4, 0.5) is 4.39 Å². The SMILES string of the molecule is COC(=O)[C@@H](Cc1ccc(OC)cc1)NC(=O)[C@@H](Cc1ccccc1F)NC(C)=O. The summed E-state index contributed by atoms with van der Waals surface area (Å²) >= 11 is 0. The highest BCUT2D eigenvalue weighted by Crippen LogP contribution is 2.14. The van der Waals surface area contributed by atoms with E-state index < -0.39 is 35.7 Å². The standard InChI is InChI=1S/C22H25FN2O5/c1-14(26)24-19(13-16-6-4-5-7-18(16)23)21(27)25-20(22(28)30-3)12-15-8-10-17(29-2)11-9-15/h4-11,19-20H,12-13H2,1-3H3,(H,24,26)(H,25,27)/t19-,20-/m1/s1. The van der Waals surface area contributed by atoms with E-state index in [0.717, 1.165) is 5.56 Å². The van der Waals surface area contributed by atoms with Gasteiger partial charge in [0.05, 0.1) is 14.2 Å². The number of ether oxygens (including phenoxy) is 2. The van der Waals surface area contributed by atoms with Crippen molar-refractivity contribution in [2.75, 3.05) is 14.2 Å². The third-order valence-electron chi connectivity index (χ3n) is 4.48. The van der Waals surface area contributed by atoms with Gasteiger partial charge in [-0.25, -0.2) is 9.18 Å². The lowest BCUT2D eigenvalue weighted by molar-refractivity contribution is -0.145. The van der Waals surface area contributed by atoms with Gasteiger partial charge in [0, 0.05) is 19.8 Å². The van der Waals surface area contributed by atoms with Gasteiger partial charge in [0.1, 0.15) is 23.7 Å². The first-order valence-corrected chi connectivity index (χ1v) is 9.35. The zero-order valence-corrected chi connectivity index (χ0v) is 17.1. The van der Waals surface area contributed by atoms with Crippen LogP contribution in [0.1, 0.15) is 18.1 Å². The molecule has 8 heteroatoms. The average Bonchev–Trinajstić information content (AvgIpc) is 2.73. The van der Waals surface area contributed by atoms with Crippen LogP contribution in [-0.2, 0) is 32.0 Å². The van der Waals surface area contributed by atoms with E-state index in [9.17, 15) is 18.8 Å². The number of rotatable bonds is 9. The third-order valence-corrected chi connectivity index (χ3v) is 4.48. The van der Waals surface area contributed by atoms with E-state index >= 15 is 0 Å². The average molecular weight is 416 g/mol. The van der Waals surface area contributed by atoms with Gasteiger partial charge < -0.3 is 20.1 Å². The number of esters is 1. The first kappa shape index (κ1) is 22.9. The molecule has 0 aliphatic carbocycles. The topological polar surface area (TPSA) is 93.7 Å². The van der Waals surface area contributed by atoms with Crippen LogP contribution >= 0.6 is 0 Å². The molecule has 0 aliphatic heterocycles. The fourth-order valence-electron chi connectivity index (χ4n) is 2.94. The van der Waals surface area contributed by atoms with Crippen molar-refractivity contribution < 1.29 is 28.2 Å². The molecule has 30 heavy (non-hydrogen) atoms. The summed E-state index contributed by atoms with van der Waals surface area (Å²) in [7, 11) is 2.77. The summed E-state index contributed by atoms with van der Waals surface area (Å²) in [6.45, 7) is 1.26. The predicted molar refractivity (Wildman–Crippen MR) is 108 cm³/mol. The molecule has 160 valence electrons. The van der Waals surface area contributed by atoms with Crippen molar-refractivity contribution in [2.24, 2.45) is 0 Å². The second kappa shape index (κ2) is 10.9. The molecule has 7 nitrogen and oxygen atoms in total. The van der Waals surface area contributed by atoms with Gasteiger partial charge in [-0.05, 0) is 29.3 Å². The van der Waals surface area contributed by atoms with Crippen molar-refractivity contribution in [2.45, 2.75) is 31.8 Å². The molecular weight excluding hydrogens is 391 g/mol. The second-order valence-electron chi connectivity index (χ2n) is 6.69. The first-order chi connectivity index (χ1) is 14.3. The van der Waals surface area contributed by atoms with E-state index in [4.69, 9.17) is 9.47 Å². The Morgan fingerprint density at radius 2 is 1.60 bits per heavy atom. The maximum atomic E-state index is 14.0. The highest BCUT2D eigenvalue weighted by molar-refractivity contribution is 5.90. The lowest BCUT2D eigenvalue weighted by Gasteiger charge is -2.22. The second-order valence-corrected chi connectivity index (χ2v) is 6.69. The van der Waals surface area contributed by atoms with E-state index in [2.05, 4.69) is 10.6 Å². The summed E-state index contributed by atoms with van der Waals surface area (Å²) in [6, 6.07) is 11.0. The summed E-state index contributed by atoms with van der Waals surface area (Å²) in [6.07, 6.45) is 0.114. The van der Waals surface area contributed by atoms with Crippen LogP contribution in [0, 0.1) is 5.82 Å². The normalized spacial score (nSPS) is 12.4. The Morgan fingerprint density at radius 3 is 2.17 bits per heavy atom.